The summed E-state index contributed by atoms with van der Waals surface area (Å²) in [5, 5.41) is 15.9. The molecule has 3 N–H and O–H groups in total. The Morgan fingerprint density at radius 2 is 1.86 bits per heavy atom. The van der Waals surface area contributed by atoms with Crippen molar-refractivity contribution < 1.29 is 28.9 Å². The molecule has 2 amide bonds. The molecule has 1 heterocycles. The number of alkyl carbamates (subject to hydrolysis) is 1. The molecular weight excluding hydrogens is 474 g/mol. The van der Waals surface area contributed by atoms with Crippen molar-refractivity contribution in [2.75, 3.05) is 12.4 Å². The summed E-state index contributed by atoms with van der Waals surface area (Å²) in [7, 11) is 1.33. The summed E-state index contributed by atoms with van der Waals surface area (Å²) in [5.74, 6) is 0. The fraction of sp³-hybridized carbons (Fsp3) is 0.393. The molecule has 0 fully saturated rings. The van der Waals surface area contributed by atoms with E-state index in [0.717, 1.165) is 29.7 Å². The minimum atomic E-state index is -1.35. The SMILES string of the molecule is COC(O)C(Cc1nc(C2=CC=CCC2)ccc1NC(=O)OC(C)(C)C)NC(=O)OCc1ccccc1. The van der Waals surface area contributed by atoms with Crippen LogP contribution in [-0.2, 0) is 27.2 Å². The van der Waals surface area contributed by atoms with Gasteiger partial charge in [-0.25, -0.2) is 9.59 Å². The molecular formula is C28H35N3O6. The summed E-state index contributed by atoms with van der Waals surface area (Å²) >= 11 is 0. The van der Waals surface area contributed by atoms with Crippen molar-refractivity contribution in [3.05, 3.63) is 77.6 Å². The molecule has 1 aliphatic rings. The van der Waals surface area contributed by atoms with Crippen LogP contribution in [0, 0.1) is 0 Å². The number of amides is 2. The molecule has 2 aromatic rings. The zero-order valence-electron chi connectivity index (χ0n) is 21.7. The highest BCUT2D eigenvalue weighted by Crippen LogP contribution is 2.26. The molecule has 1 aromatic carbocycles. The molecule has 2 unspecified atom stereocenters. The first-order valence-corrected chi connectivity index (χ1v) is 12.2. The van der Waals surface area contributed by atoms with Gasteiger partial charge in [0.15, 0.2) is 6.29 Å². The summed E-state index contributed by atoms with van der Waals surface area (Å²) in [6.45, 7) is 5.39. The zero-order valence-corrected chi connectivity index (χ0v) is 21.7. The summed E-state index contributed by atoms with van der Waals surface area (Å²) in [6, 6.07) is 11.9. The van der Waals surface area contributed by atoms with Gasteiger partial charge in [0.2, 0.25) is 0 Å². The number of methoxy groups -OCH3 is 1. The zero-order chi connectivity index (χ0) is 26.8. The molecule has 0 spiro atoms. The lowest BCUT2D eigenvalue weighted by Gasteiger charge is -2.24. The molecule has 0 saturated heterocycles. The van der Waals surface area contributed by atoms with Gasteiger partial charge >= 0.3 is 12.2 Å². The number of ether oxygens (including phenoxy) is 3. The number of rotatable bonds is 9. The number of nitrogens with zero attached hydrogens (tertiary/aromatic N) is 1. The number of aliphatic hydroxyl groups is 1. The first kappa shape index (κ1) is 27.9. The van der Waals surface area contributed by atoms with Crippen molar-refractivity contribution in [3.63, 3.8) is 0 Å². The van der Waals surface area contributed by atoms with Gasteiger partial charge in [-0.05, 0) is 56.9 Å². The van der Waals surface area contributed by atoms with Gasteiger partial charge in [0.1, 0.15) is 12.2 Å². The van der Waals surface area contributed by atoms with Crippen molar-refractivity contribution in [1.29, 1.82) is 0 Å². The Morgan fingerprint density at radius 1 is 1.11 bits per heavy atom. The first-order chi connectivity index (χ1) is 17.6. The van der Waals surface area contributed by atoms with Gasteiger partial charge < -0.3 is 24.6 Å². The number of pyridine rings is 1. The van der Waals surface area contributed by atoms with Gasteiger partial charge in [-0.1, -0.05) is 48.6 Å². The Morgan fingerprint density at radius 3 is 2.51 bits per heavy atom. The average molecular weight is 510 g/mol. The number of carbonyl (C=O) groups excluding carboxylic acids is 2. The summed E-state index contributed by atoms with van der Waals surface area (Å²) in [5.41, 5.74) is 2.78. The van der Waals surface area contributed by atoms with Crippen LogP contribution in [0.15, 0.2) is 60.7 Å². The Kier molecular flexibility index (Phi) is 9.82. The topological polar surface area (TPSA) is 119 Å². The number of hydrogen-bond donors (Lipinski definition) is 3. The Labute approximate surface area is 217 Å². The van der Waals surface area contributed by atoms with Crippen molar-refractivity contribution in [2.24, 2.45) is 0 Å². The summed E-state index contributed by atoms with van der Waals surface area (Å²) in [6.07, 6.45) is 5.14. The highest BCUT2D eigenvalue weighted by molar-refractivity contribution is 5.86. The largest absolute Gasteiger partial charge is 0.445 e. The van der Waals surface area contributed by atoms with E-state index in [2.05, 4.69) is 16.7 Å². The van der Waals surface area contributed by atoms with Crippen LogP contribution in [0.2, 0.25) is 0 Å². The summed E-state index contributed by atoms with van der Waals surface area (Å²) in [4.78, 5) is 29.8. The van der Waals surface area contributed by atoms with E-state index in [1.165, 1.54) is 7.11 Å². The third-order valence-electron chi connectivity index (χ3n) is 5.47. The molecule has 0 aliphatic heterocycles. The molecule has 37 heavy (non-hydrogen) atoms. The number of nitrogens with one attached hydrogen (secondary N) is 2. The fourth-order valence-corrected chi connectivity index (χ4v) is 3.69. The third kappa shape index (κ3) is 9.04. The van der Waals surface area contributed by atoms with Crippen molar-refractivity contribution >= 4 is 23.4 Å². The van der Waals surface area contributed by atoms with Gasteiger partial charge in [-0.15, -0.1) is 0 Å². The molecule has 198 valence electrons. The summed E-state index contributed by atoms with van der Waals surface area (Å²) < 4.78 is 15.8. The van der Waals surface area contributed by atoms with E-state index >= 15 is 0 Å². The maximum absolute atomic E-state index is 12.5. The molecule has 2 atom stereocenters. The monoisotopic (exact) mass is 509 g/mol. The van der Waals surface area contributed by atoms with E-state index in [1.54, 1.807) is 26.8 Å². The third-order valence-corrected chi connectivity index (χ3v) is 5.47. The molecule has 0 saturated carbocycles. The van der Waals surface area contributed by atoms with Gasteiger partial charge in [0.25, 0.3) is 0 Å². The predicted octanol–water partition coefficient (Wildman–Crippen LogP) is 4.96. The number of benzene rings is 1. The maximum atomic E-state index is 12.5. The van der Waals surface area contributed by atoms with Crippen LogP contribution in [0.4, 0.5) is 15.3 Å². The first-order valence-electron chi connectivity index (χ1n) is 12.2. The second kappa shape index (κ2) is 13.0. The number of aliphatic hydroxyl groups excluding tert-OH is 1. The molecule has 3 rings (SSSR count). The fourth-order valence-electron chi connectivity index (χ4n) is 3.69. The lowest BCUT2D eigenvalue weighted by Crippen LogP contribution is -2.46. The molecule has 9 nitrogen and oxygen atoms in total. The van der Waals surface area contributed by atoms with E-state index in [1.807, 2.05) is 48.6 Å². The smallest absolute Gasteiger partial charge is 0.412 e. The number of aromatic nitrogens is 1. The van der Waals surface area contributed by atoms with E-state index in [4.69, 9.17) is 19.2 Å². The van der Waals surface area contributed by atoms with Gasteiger partial charge in [-0.2, -0.15) is 0 Å². The van der Waals surface area contributed by atoms with Crippen LogP contribution in [0.25, 0.3) is 5.57 Å². The highest BCUT2D eigenvalue weighted by Gasteiger charge is 2.26. The van der Waals surface area contributed by atoms with E-state index in [0.29, 0.717) is 11.4 Å². The molecule has 9 heteroatoms. The molecule has 1 aromatic heterocycles. The molecule has 0 radical (unpaired) electrons. The minimum absolute atomic E-state index is 0.0531. The highest BCUT2D eigenvalue weighted by atomic mass is 16.6. The minimum Gasteiger partial charge on any atom is -0.445 e. The number of allylic oxidation sites excluding steroid dienone is 4. The van der Waals surface area contributed by atoms with Crippen LogP contribution in [0.3, 0.4) is 0 Å². The van der Waals surface area contributed by atoms with Crippen LogP contribution in [0.1, 0.15) is 50.6 Å². The Bertz CT molecular complexity index is 1120. The van der Waals surface area contributed by atoms with Crippen molar-refractivity contribution in [2.45, 2.75) is 64.6 Å². The van der Waals surface area contributed by atoms with Crippen LogP contribution < -0.4 is 10.6 Å². The lowest BCUT2D eigenvalue weighted by molar-refractivity contribution is -0.0958. The average Bonchev–Trinajstić information content (AvgIpc) is 2.87. The standard InChI is InChI=1S/C28H35N3O6/c1-28(2,3)37-27(34)30-22-16-15-21(20-13-9-6-10-14-20)29-23(22)17-24(25(32)35-4)31-26(33)36-18-19-11-7-5-8-12-19/h5-9,11-13,15-16,24-25,32H,10,14,17-18H2,1-4H3,(H,30,34)(H,31,33). The number of anilines is 1. The van der Waals surface area contributed by atoms with Crippen LogP contribution in [0.5, 0.6) is 0 Å². The number of hydrogen-bond acceptors (Lipinski definition) is 7. The van der Waals surface area contributed by atoms with Crippen molar-refractivity contribution in [1.82, 2.24) is 10.3 Å². The van der Waals surface area contributed by atoms with Crippen LogP contribution >= 0.6 is 0 Å². The van der Waals surface area contributed by atoms with Crippen LogP contribution in [-0.4, -0.2) is 47.3 Å². The quantitative estimate of drug-likeness (QED) is 0.409. The lowest BCUT2D eigenvalue weighted by atomic mass is 10.00. The van der Waals surface area contributed by atoms with Crippen molar-refractivity contribution in [3.8, 4) is 0 Å². The van der Waals surface area contributed by atoms with E-state index in [9.17, 15) is 14.7 Å². The molecule has 1 aliphatic carbocycles. The second-order valence-electron chi connectivity index (χ2n) is 9.62. The van der Waals surface area contributed by atoms with E-state index in [-0.39, 0.29) is 13.0 Å². The van der Waals surface area contributed by atoms with Gasteiger partial charge in [0, 0.05) is 13.5 Å². The van der Waals surface area contributed by atoms with Gasteiger partial charge in [0.05, 0.1) is 23.1 Å². The van der Waals surface area contributed by atoms with E-state index < -0.39 is 30.1 Å². The second-order valence-corrected chi connectivity index (χ2v) is 9.62. The molecule has 0 bridgehead atoms. The Hall–Kier alpha value is -3.69. The number of carbonyl (C=O) groups is 2. The van der Waals surface area contributed by atoms with Gasteiger partial charge in [-0.3, -0.25) is 10.3 Å². The maximum Gasteiger partial charge on any atom is 0.412 e. The predicted molar refractivity (Wildman–Crippen MR) is 141 cm³/mol. The Balaban J connectivity index is 1.82. The normalized spacial score (nSPS) is 14.8.